The normalized spacial score (nSPS) is 19.1. The largest absolute Gasteiger partial charge is 0.480 e. The number of rotatable bonds is 10. The van der Waals surface area contributed by atoms with Crippen LogP contribution in [0.3, 0.4) is 0 Å². The minimum atomic E-state index is -1.57. The molecule has 0 bridgehead atoms. The molecule has 8 heteroatoms. The second-order valence-electron chi connectivity index (χ2n) is 10.5. The summed E-state index contributed by atoms with van der Waals surface area (Å²) in [6.07, 6.45) is 2.32. The second-order valence-corrected chi connectivity index (χ2v) is 10.5. The van der Waals surface area contributed by atoms with Gasteiger partial charge >= 0.3 is 5.97 Å². The van der Waals surface area contributed by atoms with Gasteiger partial charge in [-0.1, -0.05) is 82.6 Å². The monoisotopic (exact) mass is 519 g/mol. The van der Waals surface area contributed by atoms with Crippen molar-refractivity contribution in [2.24, 2.45) is 11.8 Å². The van der Waals surface area contributed by atoms with Crippen molar-refractivity contribution in [2.45, 2.75) is 65.1 Å². The number of amides is 3. The van der Waals surface area contributed by atoms with E-state index in [4.69, 9.17) is 0 Å². The smallest absolute Gasteiger partial charge is 0.329 e. The number of carboxylic acid groups (broad SMARTS) is 1. The van der Waals surface area contributed by atoms with Gasteiger partial charge in [-0.15, -0.1) is 0 Å². The summed E-state index contributed by atoms with van der Waals surface area (Å²) in [5.41, 5.74) is 1.05. The van der Waals surface area contributed by atoms with Crippen molar-refractivity contribution >= 4 is 29.3 Å². The van der Waals surface area contributed by atoms with Gasteiger partial charge in [-0.2, -0.15) is 0 Å². The minimum absolute atomic E-state index is 0.0739. The molecule has 1 aliphatic rings. The molecule has 1 heterocycles. The van der Waals surface area contributed by atoms with Crippen LogP contribution in [0, 0.1) is 11.8 Å². The SMILES string of the molecule is CCC(C)C1NC(=O)c2ccccc2C1=CC(=O)NC(C(=O)NC(C)(Cc1ccccc1)C(=O)O)C(C)C. The average Bonchev–Trinajstić information content (AvgIpc) is 2.88. The Kier molecular flexibility index (Phi) is 9.09. The first-order valence-electron chi connectivity index (χ1n) is 13.0. The molecule has 4 atom stereocenters. The van der Waals surface area contributed by atoms with Crippen LogP contribution >= 0.6 is 0 Å². The molecule has 8 nitrogen and oxygen atoms in total. The Balaban J connectivity index is 1.86. The van der Waals surface area contributed by atoms with Gasteiger partial charge in [0.2, 0.25) is 11.8 Å². The number of carbonyl (C=O) groups is 4. The summed E-state index contributed by atoms with van der Waals surface area (Å²) in [5, 5.41) is 18.4. The summed E-state index contributed by atoms with van der Waals surface area (Å²) < 4.78 is 0. The van der Waals surface area contributed by atoms with E-state index in [-0.39, 0.29) is 30.2 Å². The Morgan fingerprint density at radius 2 is 1.63 bits per heavy atom. The maximum atomic E-state index is 13.3. The lowest BCUT2D eigenvalue weighted by Gasteiger charge is -2.33. The molecule has 3 amide bonds. The number of fused-ring (bicyclic) bond motifs is 1. The van der Waals surface area contributed by atoms with Crippen LogP contribution in [-0.2, 0) is 20.8 Å². The fraction of sp³-hybridized carbons (Fsp3) is 0.400. The van der Waals surface area contributed by atoms with Gasteiger partial charge in [-0.05, 0) is 41.5 Å². The van der Waals surface area contributed by atoms with Crippen molar-refractivity contribution in [3.63, 3.8) is 0 Å². The fourth-order valence-electron chi connectivity index (χ4n) is 4.65. The first-order valence-corrected chi connectivity index (χ1v) is 13.0. The van der Waals surface area contributed by atoms with Crippen LogP contribution in [0.1, 0.15) is 62.5 Å². The second kappa shape index (κ2) is 12.1. The van der Waals surface area contributed by atoms with Gasteiger partial charge in [0.05, 0.1) is 6.04 Å². The van der Waals surface area contributed by atoms with Gasteiger partial charge in [0.25, 0.3) is 5.91 Å². The van der Waals surface area contributed by atoms with Crippen LogP contribution in [0.2, 0.25) is 0 Å². The highest BCUT2D eigenvalue weighted by atomic mass is 16.4. The minimum Gasteiger partial charge on any atom is -0.480 e. The number of hydrogen-bond donors (Lipinski definition) is 4. The van der Waals surface area contributed by atoms with Crippen molar-refractivity contribution < 1.29 is 24.3 Å². The lowest BCUT2D eigenvalue weighted by Crippen LogP contribution is -2.60. The van der Waals surface area contributed by atoms with Gasteiger partial charge in [-0.25, -0.2) is 4.79 Å². The van der Waals surface area contributed by atoms with E-state index >= 15 is 0 Å². The third kappa shape index (κ3) is 6.49. The molecule has 202 valence electrons. The van der Waals surface area contributed by atoms with E-state index < -0.39 is 29.4 Å². The van der Waals surface area contributed by atoms with Gasteiger partial charge in [-0.3, -0.25) is 14.4 Å². The molecule has 0 saturated heterocycles. The molecular formula is C30H37N3O5. The van der Waals surface area contributed by atoms with E-state index in [9.17, 15) is 24.3 Å². The predicted octanol–water partition coefficient (Wildman–Crippen LogP) is 3.57. The maximum Gasteiger partial charge on any atom is 0.329 e. The van der Waals surface area contributed by atoms with Crippen molar-refractivity contribution in [1.82, 2.24) is 16.0 Å². The first-order chi connectivity index (χ1) is 18.0. The third-order valence-electron chi connectivity index (χ3n) is 7.12. The Hall–Kier alpha value is -3.94. The molecule has 0 aromatic heterocycles. The molecule has 38 heavy (non-hydrogen) atoms. The van der Waals surface area contributed by atoms with Crippen LogP contribution in [0.25, 0.3) is 5.57 Å². The number of carboxylic acids is 1. The van der Waals surface area contributed by atoms with E-state index in [0.717, 1.165) is 12.0 Å². The summed E-state index contributed by atoms with van der Waals surface area (Å²) >= 11 is 0. The van der Waals surface area contributed by atoms with E-state index in [1.165, 1.54) is 13.0 Å². The number of carbonyl (C=O) groups excluding carboxylic acids is 3. The van der Waals surface area contributed by atoms with Crippen molar-refractivity contribution in [2.75, 3.05) is 0 Å². The highest BCUT2D eigenvalue weighted by molar-refractivity contribution is 6.07. The Labute approximate surface area is 223 Å². The quantitative estimate of drug-likeness (QED) is 0.357. The van der Waals surface area contributed by atoms with Gasteiger partial charge in [0, 0.05) is 18.1 Å². The van der Waals surface area contributed by atoms with Crippen molar-refractivity contribution in [3.8, 4) is 0 Å². The summed E-state index contributed by atoms with van der Waals surface area (Å²) in [6.45, 7) is 9.05. The standard InChI is InChI=1S/C30H37N3O5/c1-6-19(4)26-23(21-14-10-11-15-22(21)27(35)32-26)16-24(34)31-25(18(2)3)28(36)33-30(5,29(37)38)17-20-12-8-7-9-13-20/h7-16,18-19,25-26H,6,17H2,1-5H3,(H,31,34)(H,32,35)(H,33,36)(H,37,38). The van der Waals surface area contributed by atoms with Crippen LogP contribution < -0.4 is 16.0 Å². The zero-order chi connectivity index (χ0) is 28.0. The number of nitrogens with one attached hydrogen (secondary N) is 3. The highest BCUT2D eigenvalue weighted by Crippen LogP contribution is 2.31. The predicted molar refractivity (Wildman–Crippen MR) is 146 cm³/mol. The number of aliphatic carboxylic acids is 1. The molecule has 0 spiro atoms. The first kappa shape index (κ1) is 28.6. The van der Waals surface area contributed by atoms with Crippen LogP contribution in [0.5, 0.6) is 0 Å². The summed E-state index contributed by atoms with van der Waals surface area (Å²) in [4.78, 5) is 51.4. The molecular weight excluding hydrogens is 482 g/mol. The van der Waals surface area contributed by atoms with Gasteiger partial charge < -0.3 is 21.1 Å². The van der Waals surface area contributed by atoms with Crippen LogP contribution in [0.4, 0.5) is 0 Å². The average molecular weight is 520 g/mol. The molecule has 1 aliphatic heterocycles. The number of hydrogen-bond acceptors (Lipinski definition) is 4. The maximum absolute atomic E-state index is 13.3. The van der Waals surface area contributed by atoms with E-state index in [0.29, 0.717) is 16.7 Å². The van der Waals surface area contributed by atoms with Crippen molar-refractivity contribution in [3.05, 3.63) is 77.4 Å². The molecule has 2 aromatic carbocycles. The summed E-state index contributed by atoms with van der Waals surface area (Å²) in [6, 6.07) is 14.8. The van der Waals surface area contributed by atoms with Crippen LogP contribution in [0.15, 0.2) is 60.7 Å². The van der Waals surface area contributed by atoms with E-state index in [2.05, 4.69) is 16.0 Å². The molecule has 0 saturated carbocycles. The molecule has 4 N–H and O–H groups in total. The molecule has 0 radical (unpaired) electrons. The van der Waals surface area contributed by atoms with E-state index in [1.807, 2.05) is 44.2 Å². The Morgan fingerprint density at radius 1 is 1.03 bits per heavy atom. The van der Waals surface area contributed by atoms with Crippen molar-refractivity contribution in [1.29, 1.82) is 0 Å². The van der Waals surface area contributed by atoms with Crippen LogP contribution in [-0.4, -0.2) is 46.4 Å². The zero-order valence-corrected chi connectivity index (χ0v) is 22.6. The highest BCUT2D eigenvalue weighted by Gasteiger charge is 2.38. The summed E-state index contributed by atoms with van der Waals surface area (Å²) in [5.74, 6) is -2.66. The lowest BCUT2D eigenvalue weighted by molar-refractivity contribution is -0.147. The number of benzene rings is 2. The van der Waals surface area contributed by atoms with Gasteiger partial charge in [0.15, 0.2) is 0 Å². The molecule has 3 rings (SSSR count). The third-order valence-corrected chi connectivity index (χ3v) is 7.12. The zero-order valence-electron chi connectivity index (χ0n) is 22.6. The molecule has 2 aromatic rings. The molecule has 0 fully saturated rings. The van der Waals surface area contributed by atoms with E-state index in [1.54, 1.807) is 38.1 Å². The Bertz CT molecular complexity index is 1220. The lowest BCUT2D eigenvalue weighted by atomic mass is 9.82. The topological polar surface area (TPSA) is 125 Å². The molecule has 0 aliphatic carbocycles. The Morgan fingerprint density at radius 3 is 2.21 bits per heavy atom. The van der Waals surface area contributed by atoms with Gasteiger partial charge in [0.1, 0.15) is 11.6 Å². The fourth-order valence-corrected chi connectivity index (χ4v) is 4.65. The molecule has 4 unspecified atom stereocenters. The summed E-state index contributed by atoms with van der Waals surface area (Å²) in [7, 11) is 0.